The number of imidazole rings is 1. The summed E-state index contributed by atoms with van der Waals surface area (Å²) in [6.45, 7) is 5.43. The van der Waals surface area contributed by atoms with Gasteiger partial charge in [0.25, 0.3) is 0 Å². The second-order valence-electron chi connectivity index (χ2n) is 4.91. The van der Waals surface area contributed by atoms with E-state index in [2.05, 4.69) is 26.5 Å². The molecule has 2 rings (SSSR count). The molecule has 0 radical (unpaired) electrons. The molecule has 0 aliphatic rings. The Bertz CT molecular complexity index is 570. The quantitative estimate of drug-likeness (QED) is 0.734. The van der Waals surface area contributed by atoms with Crippen LogP contribution in [-0.4, -0.2) is 53.3 Å². The van der Waals surface area contributed by atoms with Crippen LogP contribution in [0.15, 0.2) is 12.3 Å². The second-order valence-corrected chi connectivity index (χ2v) is 5.18. The van der Waals surface area contributed by atoms with Gasteiger partial charge in [-0.3, -0.25) is 0 Å². The molecule has 0 amide bonds. The van der Waals surface area contributed by atoms with Crippen LogP contribution < -0.4 is 0 Å². The summed E-state index contributed by atoms with van der Waals surface area (Å²) < 4.78 is 7.20. The summed E-state index contributed by atoms with van der Waals surface area (Å²) in [7, 11) is 3.80. The molecular formula is C14H21ClN4O. The van der Waals surface area contributed by atoms with Gasteiger partial charge in [-0.25, -0.2) is 9.97 Å². The molecule has 2 heterocycles. The number of rotatable bonds is 7. The molecule has 0 atom stereocenters. The number of likely N-dealkylation sites (N-methyl/N-ethyl adjacent to an activating group) is 1. The molecular weight excluding hydrogens is 276 g/mol. The number of aromatic nitrogens is 3. The Morgan fingerprint density at radius 2 is 2.20 bits per heavy atom. The average Bonchev–Trinajstić information content (AvgIpc) is 2.82. The van der Waals surface area contributed by atoms with Gasteiger partial charge < -0.3 is 14.2 Å². The molecule has 0 saturated heterocycles. The van der Waals surface area contributed by atoms with Crippen molar-refractivity contribution in [3.8, 4) is 0 Å². The fraction of sp³-hybridized carbons (Fsp3) is 0.571. The summed E-state index contributed by atoms with van der Waals surface area (Å²) in [5.74, 6) is 1.28. The first-order valence-corrected chi connectivity index (χ1v) is 7.25. The maximum atomic E-state index is 6.01. The van der Waals surface area contributed by atoms with Crippen molar-refractivity contribution in [2.45, 2.75) is 19.3 Å². The third-order valence-electron chi connectivity index (χ3n) is 3.42. The molecule has 5 nitrogen and oxygen atoms in total. The van der Waals surface area contributed by atoms with Crippen LogP contribution in [-0.2, 0) is 17.2 Å². The van der Waals surface area contributed by atoms with Crippen molar-refractivity contribution >= 4 is 22.8 Å². The Hall–Kier alpha value is -1.17. The molecule has 0 aromatic carbocycles. The molecule has 0 saturated carbocycles. The van der Waals surface area contributed by atoms with Crippen molar-refractivity contribution in [2.24, 2.45) is 0 Å². The van der Waals surface area contributed by atoms with Crippen LogP contribution in [0.2, 0.25) is 0 Å². The summed E-state index contributed by atoms with van der Waals surface area (Å²) >= 11 is 6.01. The Morgan fingerprint density at radius 3 is 2.90 bits per heavy atom. The van der Waals surface area contributed by atoms with Crippen LogP contribution in [0, 0.1) is 6.92 Å². The van der Waals surface area contributed by atoms with Crippen molar-refractivity contribution < 1.29 is 4.74 Å². The zero-order valence-electron chi connectivity index (χ0n) is 12.3. The number of hydrogen-bond acceptors (Lipinski definition) is 4. The molecule has 0 unspecified atom stereocenters. The lowest BCUT2D eigenvalue weighted by Crippen LogP contribution is -2.27. The van der Waals surface area contributed by atoms with Crippen molar-refractivity contribution in [1.82, 2.24) is 19.4 Å². The monoisotopic (exact) mass is 296 g/mol. The molecule has 6 heteroatoms. The highest BCUT2D eigenvalue weighted by atomic mass is 35.5. The number of aryl methyl sites for hydroxylation is 1. The van der Waals surface area contributed by atoms with Gasteiger partial charge in [0.2, 0.25) is 0 Å². The minimum Gasteiger partial charge on any atom is -0.383 e. The number of ether oxygens (including phenoxy) is 1. The van der Waals surface area contributed by atoms with E-state index in [4.69, 9.17) is 16.3 Å². The maximum absolute atomic E-state index is 6.01. The first-order valence-electron chi connectivity index (χ1n) is 6.71. The van der Waals surface area contributed by atoms with Gasteiger partial charge in [-0.1, -0.05) is 0 Å². The molecule has 110 valence electrons. The Kier molecular flexibility index (Phi) is 5.34. The Labute approximate surface area is 124 Å². The molecule has 0 fully saturated rings. The number of halogens is 1. The molecule has 20 heavy (non-hydrogen) atoms. The largest absolute Gasteiger partial charge is 0.383 e. The zero-order chi connectivity index (χ0) is 14.5. The van der Waals surface area contributed by atoms with Crippen molar-refractivity contribution in [3.05, 3.63) is 23.7 Å². The minimum atomic E-state index is 0.400. The van der Waals surface area contributed by atoms with Crippen molar-refractivity contribution in [3.63, 3.8) is 0 Å². The molecule has 0 aliphatic carbocycles. The lowest BCUT2D eigenvalue weighted by Gasteiger charge is -2.17. The van der Waals surface area contributed by atoms with E-state index in [1.54, 1.807) is 7.11 Å². The van der Waals surface area contributed by atoms with Gasteiger partial charge in [0.05, 0.1) is 12.5 Å². The zero-order valence-corrected chi connectivity index (χ0v) is 13.0. The lowest BCUT2D eigenvalue weighted by molar-refractivity contribution is 0.159. The standard InChI is InChI=1S/C14H21ClN4O/c1-11-4-5-16-14-13(11)17-12(10-15)19(14)7-6-18(2)8-9-20-3/h4-5H,6-10H2,1-3H3. The predicted octanol–water partition coefficient (Wildman–Crippen LogP) is 2.06. The van der Waals surface area contributed by atoms with Gasteiger partial charge >= 0.3 is 0 Å². The Morgan fingerprint density at radius 1 is 1.40 bits per heavy atom. The number of nitrogens with zero attached hydrogens (tertiary/aromatic N) is 4. The van der Waals surface area contributed by atoms with E-state index in [1.807, 2.05) is 19.2 Å². The van der Waals surface area contributed by atoms with E-state index in [9.17, 15) is 0 Å². The van der Waals surface area contributed by atoms with E-state index in [-0.39, 0.29) is 0 Å². The van der Waals surface area contributed by atoms with Gasteiger partial charge in [0, 0.05) is 32.9 Å². The Balaban J connectivity index is 2.18. The first kappa shape index (κ1) is 15.2. The number of alkyl halides is 1. The normalized spacial score (nSPS) is 11.7. The molecule has 2 aromatic rings. The van der Waals surface area contributed by atoms with E-state index < -0.39 is 0 Å². The highest BCUT2D eigenvalue weighted by Gasteiger charge is 2.13. The smallest absolute Gasteiger partial charge is 0.160 e. The van der Waals surface area contributed by atoms with E-state index in [0.29, 0.717) is 5.88 Å². The second kappa shape index (κ2) is 7.02. The summed E-state index contributed by atoms with van der Waals surface area (Å²) in [5, 5.41) is 0. The van der Waals surface area contributed by atoms with Crippen LogP contribution in [0.3, 0.4) is 0 Å². The summed E-state index contributed by atoms with van der Waals surface area (Å²) in [5.41, 5.74) is 3.00. The lowest BCUT2D eigenvalue weighted by atomic mass is 10.3. The van der Waals surface area contributed by atoms with E-state index in [1.165, 1.54) is 0 Å². The highest BCUT2D eigenvalue weighted by molar-refractivity contribution is 6.16. The SMILES string of the molecule is COCCN(C)CCn1c(CCl)nc2c(C)ccnc21. The van der Waals surface area contributed by atoms with Crippen LogP contribution in [0.1, 0.15) is 11.4 Å². The number of fused-ring (bicyclic) bond motifs is 1. The van der Waals surface area contributed by atoms with Gasteiger partial charge in [0.1, 0.15) is 11.3 Å². The molecule has 0 bridgehead atoms. The summed E-state index contributed by atoms with van der Waals surface area (Å²) in [4.78, 5) is 11.3. The van der Waals surface area contributed by atoms with Gasteiger partial charge in [-0.15, -0.1) is 11.6 Å². The topological polar surface area (TPSA) is 43.2 Å². The van der Waals surface area contributed by atoms with Gasteiger partial charge in [-0.2, -0.15) is 0 Å². The van der Waals surface area contributed by atoms with Crippen LogP contribution in [0.4, 0.5) is 0 Å². The number of hydrogen-bond donors (Lipinski definition) is 0. The number of methoxy groups -OCH3 is 1. The molecule has 0 aliphatic heterocycles. The molecule has 0 N–H and O–H groups in total. The third-order valence-corrected chi connectivity index (χ3v) is 3.66. The predicted molar refractivity (Wildman–Crippen MR) is 81.2 cm³/mol. The first-order chi connectivity index (χ1) is 9.67. The van der Waals surface area contributed by atoms with Crippen molar-refractivity contribution in [2.75, 3.05) is 33.9 Å². The molecule has 0 spiro atoms. The summed E-state index contributed by atoms with van der Waals surface area (Å²) in [6.07, 6.45) is 1.82. The van der Waals surface area contributed by atoms with Crippen molar-refractivity contribution in [1.29, 1.82) is 0 Å². The maximum Gasteiger partial charge on any atom is 0.160 e. The summed E-state index contributed by atoms with van der Waals surface area (Å²) in [6, 6.07) is 1.97. The van der Waals surface area contributed by atoms with E-state index in [0.717, 1.165) is 48.8 Å². The van der Waals surface area contributed by atoms with Crippen LogP contribution in [0.5, 0.6) is 0 Å². The minimum absolute atomic E-state index is 0.400. The average molecular weight is 297 g/mol. The fourth-order valence-electron chi connectivity index (χ4n) is 2.15. The van der Waals surface area contributed by atoms with Gasteiger partial charge in [-0.05, 0) is 25.6 Å². The van der Waals surface area contributed by atoms with Crippen LogP contribution >= 0.6 is 11.6 Å². The van der Waals surface area contributed by atoms with Gasteiger partial charge in [0.15, 0.2) is 5.65 Å². The number of pyridine rings is 1. The fourth-order valence-corrected chi connectivity index (χ4v) is 2.35. The molecule has 2 aromatic heterocycles. The van der Waals surface area contributed by atoms with E-state index >= 15 is 0 Å². The highest BCUT2D eigenvalue weighted by Crippen LogP contribution is 2.18. The third kappa shape index (κ3) is 3.29. The van der Waals surface area contributed by atoms with Crippen LogP contribution in [0.25, 0.3) is 11.2 Å².